The van der Waals surface area contributed by atoms with E-state index in [9.17, 15) is 9.59 Å². The molecule has 6 heteroatoms. The Morgan fingerprint density at radius 3 is 2.78 bits per heavy atom. The molecule has 2 bridgehead atoms. The maximum absolute atomic E-state index is 12.9. The number of aliphatic imine (C=N–C) groups is 1. The van der Waals surface area contributed by atoms with E-state index < -0.39 is 5.97 Å². The minimum Gasteiger partial charge on any atom is -0.462 e. The summed E-state index contributed by atoms with van der Waals surface area (Å²) in [4.78, 5) is 30.1. The Morgan fingerprint density at radius 1 is 1.26 bits per heavy atom. The molecule has 1 aliphatic heterocycles. The maximum Gasteiger partial charge on any atom is 0.343 e. The number of fused-ring (bicyclic) bond motifs is 3. The molecule has 3 aliphatic rings. The predicted molar refractivity (Wildman–Crippen MR) is 103 cm³/mol. The summed E-state index contributed by atoms with van der Waals surface area (Å²) in [6.45, 7) is 3.79. The number of esters is 1. The summed E-state index contributed by atoms with van der Waals surface area (Å²) in [6, 6.07) is 7.49. The van der Waals surface area contributed by atoms with Crippen molar-refractivity contribution in [2.75, 3.05) is 11.9 Å². The second-order valence-corrected chi connectivity index (χ2v) is 7.20. The number of ether oxygens (including phenoxy) is 1. The van der Waals surface area contributed by atoms with Crippen molar-refractivity contribution in [1.82, 2.24) is 5.32 Å². The summed E-state index contributed by atoms with van der Waals surface area (Å²) >= 11 is 0. The van der Waals surface area contributed by atoms with Crippen LogP contribution in [-0.4, -0.2) is 24.3 Å². The standard InChI is InChI=1S/C21H23N3O3/c1-3-27-21(26)18-12(2)22-16-6-4-5-7-17(16)23-19(18)24-20(25)15-11-13-8-9-14(15)10-13/h4-9,13-15,22H,3,10-11H2,1-2H3,(H,23,24,25). The molecule has 2 aliphatic carbocycles. The average Bonchev–Trinajstić information content (AvgIpc) is 3.23. The zero-order chi connectivity index (χ0) is 19.0. The molecule has 3 unspecified atom stereocenters. The van der Waals surface area contributed by atoms with Gasteiger partial charge in [-0.2, -0.15) is 0 Å². The highest BCUT2D eigenvalue weighted by molar-refractivity contribution is 6.24. The third-order valence-corrected chi connectivity index (χ3v) is 5.41. The van der Waals surface area contributed by atoms with Gasteiger partial charge in [0.2, 0.25) is 5.91 Å². The van der Waals surface area contributed by atoms with Crippen LogP contribution in [0.1, 0.15) is 26.7 Å². The molecule has 1 amide bonds. The highest BCUT2D eigenvalue weighted by Crippen LogP contribution is 2.43. The molecule has 6 nitrogen and oxygen atoms in total. The molecule has 1 aromatic carbocycles. The van der Waals surface area contributed by atoms with Crippen molar-refractivity contribution < 1.29 is 14.3 Å². The SMILES string of the molecule is CCOC(=O)C1=C(C)Nc2ccccc2N=C1NC(=O)C1CC2C=CC1C2. The molecule has 4 rings (SSSR count). The number of nitrogens with zero attached hydrogens (tertiary/aromatic N) is 1. The van der Waals surface area contributed by atoms with Gasteiger partial charge in [0.05, 0.1) is 18.0 Å². The van der Waals surface area contributed by atoms with Crippen LogP contribution in [0.4, 0.5) is 11.4 Å². The number of amidine groups is 1. The van der Waals surface area contributed by atoms with Crippen LogP contribution in [0.25, 0.3) is 0 Å². The molecule has 1 aromatic rings. The lowest BCUT2D eigenvalue weighted by atomic mass is 9.92. The van der Waals surface area contributed by atoms with Gasteiger partial charge in [0.15, 0.2) is 0 Å². The van der Waals surface area contributed by atoms with Gasteiger partial charge in [0.1, 0.15) is 11.4 Å². The number of hydrogen-bond donors (Lipinski definition) is 2. The average molecular weight is 365 g/mol. The highest BCUT2D eigenvalue weighted by Gasteiger charge is 2.40. The van der Waals surface area contributed by atoms with E-state index in [0.717, 1.165) is 18.5 Å². The monoisotopic (exact) mass is 365 g/mol. The van der Waals surface area contributed by atoms with E-state index in [0.29, 0.717) is 17.3 Å². The molecule has 1 fully saturated rings. The van der Waals surface area contributed by atoms with Gasteiger partial charge in [0, 0.05) is 11.6 Å². The minimum absolute atomic E-state index is 0.0714. The third kappa shape index (κ3) is 3.27. The molecule has 0 radical (unpaired) electrons. The van der Waals surface area contributed by atoms with Crippen molar-refractivity contribution >= 4 is 29.1 Å². The van der Waals surface area contributed by atoms with Gasteiger partial charge in [-0.05, 0) is 50.7 Å². The zero-order valence-corrected chi connectivity index (χ0v) is 15.5. The molecular weight excluding hydrogens is 342 g/mol. The van der Waals surface area contributed by atoms with Crippen molar-refractivity contribution in [1.29, 1.82) is 0 Å². The number of carbonyl (C=O) groups excluding carboxylic acids is 2. The van der Waals surface area contributed by atoms with Crippen LogP contribution in [0.3, 0.4) is 0 Å². The number of hydrogen-bond acceptors (Lipinski definition) is 5. The lowest BCUT2D eigenvalue weighted by molar-refractivity contribution is -0.137. The number of amides is 1. The Labute approximate surface area is 158 Å². The third-order valence-electron chi connectivity index (χ3n) is 5.41. The summed E-state index contributed by atoms with van der Waals surface area (Å²) in [5, 5.41) is 6.14. The number of anilines is 1. The first-order valence-electron chi connectivity index (χ1n) is 9.39. The van der Waals surface area contributed by atoms with Gasteiger partial charge in [-0.3, -0.25) is 4.79 Å². The lowest BCUT2D eigenvalue weighted by Gasteiger charge is -2.19. The number of nitrogens with one attached hydrogen (secondary N) is 2. The molecule has 1 saturated carbocycles. The van der Waals surface area contributed by atoms with E-state index in [-0.39, 0.29) is 35.8 Å². The molecular formula is C21H23N3O3. The summed E-state index contributed by atoms with van der Waals surface area (Å²) in [5.74, 6) is 0.369. The van der Waals surface area contributed by atoms with Gasteiger partial charge in [0.25, 0.3) is 0 Å². The van der Waals surface area contributed by atoms with E-state index in [1.807, 2.05) is 24.3 Å². The van der Waals surface area contributed by atoms with Gasteiger partial charge < -0.3 is 15.4 Å². The smallest absolute Gasteiger partial charge is 0.343 e. The Kier molecular flexibility index (Phi) is 4.56. The van der Waals surface area contributed by atoms with E-state index in [2.05, 4.69) is 27.8 Å². The second-order valence-electron chi connectivity index (χ2n) is 7.20. The molecule has 3 atom stereocenters. The fourth-order valence-corrected chi connectivity index (χ4v) is 4.13. The summed E-state index contributed by atoms with van der Waals surface area (Å²) in [7, 11) is 0. The number of allylic oxidation sites excluding steroid dienone is 3. The normalized spacial score (nSPS) is 25.4. The topological polar surface area (TPSA) is 79.8 Å². The van der Waals surface area contributed by atoms with Crippen LogP contribution in [0.15, 0.2) is 52.7 Å². The molecule has 27 heavy (non-hydrogen) atoms. The number of benzene rings is 1. The Balaban J connectivity index is 1.68. The molecule has 0 spiro atoms. The van der Waals surface area contributed by atoms with Gasteiger partial charge >= 0.3 is 5.97 Å². The van der Waals surface area contributed by atoms with E-state index in [4.69, 9.17) is 4.74 Å². The maximum atomic E-state index is 12.9. The second kappa shape index (κ2) is 7.02. The first-order chi connectivity index (χ1) is 13.1. The Hall–Kier alpha value is -2.89. The predicted octanol–water partition coefficient (Wildman–Crippen LogP) is 3.31. The first-order valence-corrected chi connectivity index (χ1v) is 9.39. The molecule has 0 aromatic heterocycles. The number of carbonyl (C=O) groups is 2. The van der Waals surface area contributed by atoms with Crippen molar-refractivity contribution in [2.45, 2.75) is 26.7 Å². The zero-order valence-electron chi connectivity index (χ0n) is 15.5. The number of rotatable bonds is 3. The van der Waals surface area contributed by atoms with E-state index in [1.54, 1.807) is 13.8 Å². The van der Waals surface area contributed by atoms with Crippen LogP contribution < -0.4 is 10.6 Å². The van der Waals surface area contributed by atoms with Crippen molar-refractivity contribution in [3.05, 3.63) is 47.7 Å². The van der Waals surface area contributed by atoms with Crippen molar-refractivity contribution in [3.8, 4) is 0 Å². The quantitative estimate of drug-likeness (QED) is 0.636. The molecule has 0 saturated heterocycles. The first kappa shape index (κ1) is 17.5. The van der Waals surface area contributed by atoms with E-state index in [1.165, 1.54) is 0 Å². The summed E-state index contributed by atoms with van der Waals surface area (Å²) < 4.78 is 5.21. The van der Waals surface area contributed by atoms with Gasteiger partial charge in [-0.1, -0.05) is 24.3 Å². The van der Waals surface area contributed by atoms with Crippen LogP contribution >= 0.6 is 0 Å². The fraction of sp³-hybridized carbons (Fsp3) is 0.381. The van der Waals surface area contributed by atoms with Crippen molar-refractivity contribution in [3.63, 3.8) is 0 Å². The largest absolute Gasteiger partial charge is 0.462 e. The van der Waals surface area contributed by atoms with Crippen LogP contribution in [0.2, 0.25) is 0 Å². The Bertz CT molecular complexity index is 884. The van der Waals surface area contributed by atoms with Crippen LogP contribution in [0.5, 0.6) is 0 Å². The molecule has 2 N–H and O–H groups in total. The summed E-state index contributed by atoms with van der Waals surface area (Å²) in [5.41, 5.74) is 2.31. The van der Waals surface area contributed by atoms with E-state index >= 15 is 0 Å². The van der Waals surface area contributed by atoms with Crippen LogP contribution in [-0.2, 0) is 14.3 Å². The lowest BCUT2D eigenvalue weighted by Crippen LogP contribution is -2.40. The fourth-order valence-electron chi connectivity index (χ4n) is 4.13. The van der Waals surface area contributed by atoms with Gasteiger partial charge in [-0.15, -0.1) is 0 Å². The summed E-state index contributed by atoms with van der Waals surface area (Å²) in [6.07, 6.45) is 6.23. The molecule has 1 heterocycles. The van der Waals surface area contributed by atoms with Gasteiger partial charge in [-0.25, -0.2) is 9.79 Å². The molecule has 140 valence electrons. The Morgan fingerprint density at radius 2 is 2.07 bits per heavy atom. The van der Waals surface area contributed by atoms with Crippen LogP contribution in [0, 0.1) is 17.8 Å². The number of para-hydroxylation sites is 2. The highest BCUT2D eigenvalue weighted by atomic mass is 16.5. The van der Waals surface area contributed by atoms with Crippen molar-refractivity contribution in [2.24, 2.45) is 22.7 Å². The minimum atomic E-state index is -0.498.